The van der Waals surface area contributed by atoms with Gasteiger partial charge >= 0.3 is 0 Å². The molecule has 4 N–H and O–H groups in total. The molecule has 0 spiro atoms. The maximum Gasteiger partial charge on any atom is 0.174 e. The van der Waals surface area contributed by atoms with Crippen LogP contribution in [0.2, 0.25) is 0 Å². The number of ketones is 1. The van der Waals surface area contributed by atoms with Gasteiger partial charge in [0.2, 0.25) is 0 Å². The SMILES string of the molecule is CC(O)C[C@]12c3c4ccc(O)c3O[C@H]1C(=O)CC[C@@]2(O)[C@@](C)(O)C4. The molecule has 5 atom stereocenters. The number of phenols is 1. The van der Waals surface area contributed by atoms with Crippen LogP contribution in [0, 0.1) is 0 Å². The summed E-state index contributed by atoms with van der Waals surface area (Å²) in [5, 5.41) is 43.0. The Bertz CT molecular complexity index is 739. The monoisotopic (exact) mass is 334 g/mol. The molecule has 1 unspecified atom stereocenters. The van der Waals surface area contributed by atoms with Crippen molar-refractivity contribution in [1.82, 2.24) is 0 Å². The van der Waals surface area contributed by atoms with E-state index in [0.29, 0.717) is 5.56 Å². The maximum absolute atomic E-state index is 12.6. The summed E-state index contributed by atoms with van der Waals surface area (Å²) >= 11 is 0. The first kappa shape index (κ1) is 15.9. The maximum atomic E-state index is 12.6. The lowest BCUT2D eigenvalue weighted by Crippen LogP contribution is -2.74. The van der Waals surface area contributed by atoms with Gasteiger partial charge in [0.15, 0.2) is 23.4 Å². The van der Waals surface area contributed by atoms with Gasteiger partial charge in [-0.1, -0.05) is 6.07 Å². The van der Waals surface area contributed by atoms with Crippen LogP contribution in [0.4, 0.5) is 0 Å². The number of rotatable bonds is 2. The highest BCUT2D eigenvalue weighted by Gasteiger charge is 2.74. The van der Waals surface area contributed by atoms with E-state index in [9.17, 15) is 25.2 Å². The molecule has 4 rings (SSSR count). The third-order valence-corrected chi connectivity index (χ3v) is 6.16. The van der Waals surface area contributed by atoms with Gasteiger partial charge < -0.3 is 25.2 Å². The molecule has 1 saturated carbocycles. The number of Topliss-reactive ketones (excluding diaryl/α,β-unsaturated/α-hetero) is 1. The smallest absolute Gasteiger partial charge is 0.174 e. The van der Waals surface area contributed by atoms with Crippen molar-refractivity contribution in [3.8, 4) is 11.5 Å². The average Bonchev–Trinajstić information content (AvgIpc) is 2.83. The van der Waals surface area contributed by atoms with Gasteiger partial charge in [-0.05, 0) is 38.3 Å². The predicted molar refractivity (Wildman–Crippen MR) is 84.0 cm³/mol. The zero-order valence-corrected chi connectivity index (χ0v) is 13.7. The molecule has 1 aliphatic heterocycles. The molecule has 0 saturated heterocycles. The molecule has 1 aromatic rings. The van der Waals surface area contributed by atoms with Crippen LogP contribution in [0.5, 0.6) is 11.5 Å². The standard InChI is InChI=1S/C18H22O6/c1-9(19)7-17-13-10-3-4-11(20)14(13)24-15(17)12(21)5-6-18(17,23)16(2,22)8-10/h3-4,9,15,19-20,22-23H,5-8H2,1-2H3/t9?,15-,16-,17-,18+/m0/s1. The number of aliphatic hydroxyl groups excluding tert-OH is 1. The van der Waals surface area contributed by atoms with Gasteiger partial charge in [0, 0.05) is 18.4 Å². The predicted octanol–water partition coefficient (Wildman–Crippen LogP) is 0.563. The number of phenolic OH excluding ortho intramolecular Hbond substituents is 1. The highest BCUT2D eigenvalue weighted by Crippen LogP contribution is 2.64. The zero-order chi connectivity index (χ0) is 17.5. The van der Waals surface area contributed by atoms with Crippen molar-refractivity contribution in [3.63, 3.8) is 0 Å². The Balaban J connectivity index is 2.10. The summed E-state index contributed by atoms with van der Waals surface area (Å²) in [6.07, 6.45) is -1.39. The lowest BCUT2D eigenvalue weighted by molar-refractivity contribution is -0.222. The highest BCUT2D eigenvalue weighted by atomic mass is 16.5. The fraction of sp³-hybridized carbons (Fsp3) is 0.611. The summed E-state index contributed by atoms with van der Waals surface area (Å²) in [5.74, 6) is -0.0771. The third-order valence-electron chi connectivity index (χ3n) is 6.16. The quantitative estimate of drug-likeness (QED) is 0.630. The van der Waals surface area contributed by atoms with Gasteiger partial charge in [-0.3, -0.25) is 4.79 Å². The molecule has 3 aliphatic rings. The Morgan fingerprint density at radius 1 is 1.38 bits per heavy atom. The first-order valence-corrected chi connectivity index (χ1v) is 8.31. The van der Waals surface area contributed by atoms with Crippen LogP contribution < -0.4 is 4.74 Å². The van der Waals surface area contributed by atoms with E-state index in [-0.39, 0.29) is 43.0 Å². The number of hydrogen-bond donors (Lipinski definition) is 4. The number of hydrogen-bond acceptors (Lipinski definition) is 6. The molecule has 1 fully saturated rings. The normalized spacial score (nSPS) is 40.9. The summed E-state index contributed by atoms with van der Waals surface area (Å²) in [5.41, 5.74) is -3.07. The Kier molecular flexibility index (Phi) is 2.98. The van der Waals surface area contributed by atoms with Crippen LogP contribution in [-0.4, -0.2) is 49.6 Å². The molecule has 24 heavy (non-hydrogen) atoms. The third kappa shape index (κ3) is 1.59. The lowest BCUT2D eigenvalue weighted by Gasteiger charge is -2.59. The van der Waals surface area contributed by atoms with E-state index < -0.39 is 28.8 Å². The summed E-state index contributed by atoms with van der Waals surface area (Å²) in [6.45, 7) is 3.15. The van der Waals surface area contributed by atoms with Crippen LogP contribution in [0.15, 0.2) is 12.1 Å². The molecule has 6 heteroatoms. The molecule has 130 valence electrons. The van der Waals surface area contributed by atoms with Crippen molar-refractivity contribution >= 4 is 5.78 Å². The Morgan fingerprint density at radius 3 is 2.75 bits per heavy atom. The van der Waals surface area contributed by atoms with Gasteiger partial charge in [0.1, 0.15) is 5.60 Å². The molecular weight excluding hydrogens is 312 g/mol. The summed E-state index contributed by atoms with van der Waals surface area (Å²) in [7, 11) is 0. The molecule has 0 bridgehead atoms. The van der Waals surface area contributed by atoms with Crippen LogP contribution >= 0.6 is 0 Å². The second kappa shape index (κ2) is 4.50. The van der Waals surface area contributed by atoms with Crippen LogP contribution in [0.3, 0.4) is 0 Å². The van der Waals surface area contributed by atoms with E-state index in [1.165, 1.54) is 6.07 Å². The van der Waals surface area contributed by atoms with Crippen LogP contribution in [0.25, 0.3) is 0 Å². The minimum absolute atomic E-state index is 0.0690. The summed E-state index contributed by atoms with van der Waals surface area (Å²) in [6, 6.07) is 3.17. The van der Waals surface area contributed by atoms with Gasteiger partial charge in [0.05, 0.1) is 17.1 Å². The van der Waals surface area contributed by atoms with Gasteiger partial charge in [-0.25, -0.2) is 0 Å². The van der Waals surface area contributed by atoms with Crippen molar-refractivity contribution in [3.05, 3.63) is 23.3 Å². The zero-order valence-electron chi connectivity index (χ0n) is 13.7. The van der Waals surface area contributed by atoms with E-state index >= 15 is 0 Å². The van der Waals surface area contributed by atoms with E-state index in [4.69, 9.17) is 4.74 Å². The van der Waals surface area contributed by atoms with E-state index in [2.05, 4.69) is 0 Å². The van der Waals surface area contributed by atoms with E-state index in [1.807, 2.05) is 0 Å². The summed E-state index contributed by atoms with van der Waals surface area (Å²) in [4.78, 5) is 12.6. The number of ether oxygens (including phenoxy) is 1. The van der Waals surface area contributed by atoms with Crippen molar-refractivity contribution in [1.29, 1.82) is 0 Å². The molecule has 2 aliphatic carbocycles. The second-order valence-electron chi connectivity index (χ2n) is 7.75. The fourth-order valence-electron chi connectivity index (χ4n) is 5.25. The number of aromatic hydroxyl groups is 1. The Labute approximate surface area is 139 Å². The number of carbonyl (C=O) groups excluding carboxylic acids is 1. The van der Waals surface area contributed by atoms with Crippen LogP contribution in [-0.2, 0) is 16.6 Å². The van der Waals surface area contributed by atoms with Gasteiger partial charge in [-0.15, -0.1) is 0 Å². The first-order chi connectivity index (χ1) is 11.1. The highest BCUT2D eigenvalue weighted by molar-refractivity contribution is 5.90. The van der Waals surface area contributed by atoms with Crippen molar-refractivity contribution in [2.75, 3.05) is 0 Å². The molecular formula is C18H22O6. The molecule has 1 heterocycles. The van der Waals surface area contributed by atoms with Gasteiger partial charge in [0.25, 0.3) is 0 Å². The number of carbonyl (C=O) groups is 1. The largest absolute Gasteiger partial charge is 0.504 e. The second-order valence-corrected chi connectivity index (χ2v) is 7.75. The van der Waals surface area contributed by atoms with Gasteiger partial charge in [-0.2, -0.15) is 0 Å². The fourth-order valence-corrected chi connectivity index (χ4v) is 5.25. The molecule has 0 amide bonds. The molecule has 1 aromatic carbocycles. The molecule has 0 radical (unpaired) electrons. The average molecular weight is 334 g/mol. The molecule has 0 aromatic heterocycles. The van der Waals surface area contributed by atoms with Crippen molar-refractivity contribution in [2.24, 2.45) is 0 Å². The number of aliphatic hydroxyl groups is 3. The lowest BCUT2D eigenvalue weighted by atomic mass is 9.47. The molecule has 6 nitrogen and oxygen atoms in total. The minimum Gasteiger partial charge on any atom is -0.504 e. The Morgan fingerprint density at radius 2 is 2.08 bits per heavy atom. The van der Waals surface area contributed by atoms with E-state index in [1.54, 1.807) is 19.9 Å². The minimum atomic E-state index is -1.62. The van der Waals surface area contributed by atoms with Crippen molar-refractivity contribution < 1.29 is 30.0 Å². The first-order valence-electron chi connectivity index (χ1n) is 8.31. The Hall–Kier alpha value is -1.63. The summed E-state index contributed by atoms with van der Waals surface area (Å²) < 4.78 is 5.83. The van der Waals surface area contributed by atoms with Crippen molar-refractivity contribution in [2.45, 2.75) is 68.4 Å². The van der Waals surface area contributed by atoms with E-state index in [0.717, 1.165) is 5.56 Å². The van der Waals surface area contributed by atoms with Crippen LogP contribution in [0.1, 0.15) is 44.2 Å². The number of benzene rings is 1. The topological polar surface area (TPSA) is 107 Å².